The lowest BCUT2D eigenvalue weighted by molar-refractivity contribution is -0.147. The highest BCUT2D eigenvalue weighted by Gasteiger charge is 2.42. The number of rotatable bonds is 11. The van der Waals surface area contributed by atoms with Crippen LogP contribution in [-0.4, -0.2) is 51.6 Å². The molecule has 3 atom stereocenters. The van der Waals surface area contributed by atoms with Crippen molar-refractivity contribution in [2.75, 3.05) is 0 Å². The zero-order valence-electron chi connectivity index (χ0n) is 24.8. The number of hydrogen-bond acceptors (Lipinski definition) is 5. The second kappa shape index (κ2) is 14.1. The van der Waals surface area contributed by atoms with Gasteiger partial charge in [0.2, 0.25) is 11.8 Å². The number of terminal acetylenes is 1. The monoisotopic (exact) mass is 561 g/mol. The Morgan fingerprint density at radius 2 is 1.71 bits per heavy atom. The molecule has 1 aliphatic carbocycles. The molecule has 1 fully saturated rings. The van der Waals surface area contributed by atoms with E-state index in [2.05, 4.69) is 23.5 Å². The molecule has 0 aromatic heterocycles. The topological polar surface area (TPSA) is 108 Å². The van der Waals surface area contributed by atoms with Gasteiger partial charge in [-0.15, -0.1) is 6.42 Å². The summed E-state index contributed by atoms with van der Waals surface area (Å²) in [6.45, 7) is 9.26. The van der Waals surface area contributed by atoms with E-state index in [0.717, 1.165) is 37.7 Å². The van der Waals surface area contributed by atoms with Gasteiger partial charge in [-0.2, -0.15) is 0 Å². The molecule has 0 aliphatic heterocycles. The van der Waals surface area contributed by atoms with Crippen molar-refractivity contribution < 1.29 is 24.2 Å². The highest BCUT2D eigenvalue weighted by atomic mass is 16.6. The zero-order chi connectivity index (χ0) is 30.2. The molecule has 3 unspecified atom stereocenters. The average Bonchev–Trinajstić information content (AvgIpc) is 2.87. The third kappa shape index (κ3) is 9.01. The predicted octanol–water partition coefficient (Wildman–Crippen LogP) is 5.24. The quantitative estimate of drug-likeness (QED) is 0.326. The number of alkyl carbamates (subject to hydrolysis) is 1. The van der Waals surface area contributed by atoms with Gasteiger partial charge < -0.3 is 25.4 Å². The first kappa shape index (κ1) is 31.5. The second-order valence-electron chi connectivity index (χ2n) is 11.8. The first-order valence-electron chi connectivity index (χ1n) is 14.4. The first-order chi connectivity index (χ1) is 19.4. The summed E-state index contributed by atoms with van der Waals surface area (Å²) >= 11 is 0. The summed E-state index contributed by atoms with van der Waals surface area (Å²) in [5.74, 6) is 2.04. The fraction of sp³-hybridized carbons (Fsp3) is 0.485. The summed E-state index contributed by atoms with van der Waals surface area (Å²) in [6.07, 6.45) is 9.15. The number of aromatic hydroxyl groups is 1. The number of carbonyl (C=O) groups is 3. The van der Waals surface area contributed by atoms with Gasteiger partial charge in [0.25, 0.3) is 0 Å². The van der Waals surface area contributed by atoms with Crippen LogP contribution in [0.1, 0.15) is 89.5 Å². The summed E-state index contributed by atoms with van der Waals surface area (Å²) in [6, 6.07) is 11.4. The molecule has 3 amide bonds. The van der Waals surface area contributed by atoms with Crippen LogP contribution in [0.3, 0.4) is 0 Å². The van der Waals surface area contributed by atoms with Crippen LogP contribution in [0.2, 0.25) is 0 Å². The SMILES string of the molecule is C#Cc1ccc(C(C(=O)NC(C)CCC)N(C(=O)C(Cc2ccc(O)cc2)NC(=O)OC(C)(C)C)C2CCC2)cc1. The number of nitrogens with one attached hydrogen (secondary N) is 2. The number of carbonyl (C=O) groups excluding carboxylic acids is 3. The summed E-state index contributed by atoms with van der Waals surface area (Å²) in [7, 11) is 0. The maximum absolute atomic E-state index is 14.5. The van der Waals surface area contributed by atoms with Crippen LogP contribution in [-0.2, 0) is 20.7 Å². The van der Waals surface area contributed by atoms with Crippen molar-refractivity contribution >= 4 is 17.9 Å². The van der Waals surface area contributed by atoms with Crippen LogP contribution in [0.5, 0.6) is 5.75 Å². The van der Waals surface area contributed by atoms with Gasteiger partial charge in [-0.3, -0.25) is 9.59 Å². The molecule has 3 N–H and O–H groups in total. The van der Waals surface area contributed by atoms with Crippen molar-refractivity contribution in [3.63, 3.8) is 0 Å². The Balaban J connectivity index is 2.04. The molecule has 220 valence electrons. The molecule has 2 aromatic rings. The molecule has 1 saturated carbocycles. The maximum atomic E-state index is 14.5. The minimum Gasteiger partial charge on any atom is -0.508 e. The molecule has 8 heteroatoms. The Morgan fingerprint density at radius 1 is 1.07 bits per heavy atom. The van der Waals surface area contributed by atoms with Crippen LogP contribution < -0.4 is 10.6 Å². The van der Waals surface area contributed by atoms with E-state index in [1.807, 2.05) is 6.92 Å². The summed E-state index contributed by atoms with van der Waals surface area (Å²) in [5, 5.41) is 15.6. The maximum Gasteiger partial charge on any atom is 0.408 e. The molecule has 0 radical (unpaired) electrons. The Kier molecular flexibility index (Phi) is 10.8. The first-order valence-corrected chi connectivity index (χ1v) is 14.4. The fourth-order valence-electron chi connectivity index (χ4n) is 4.91. The number of benzene rings is 2. The summed E-state index contributed by atoms with van der Waals surface area (Å²) in [5.41, 5.74) is 1.29. The van der Waals surface area contributed by atoms with Gasteiger partial charge in [-0.25, -0.2) is 4.79 Å². The van der Waals surface area contributed by atoms with Gasteiger partial charge in [0.15, 0.2) is 0 Å². The molecule has 0 saturated heterocycles. The molecule has 0 spiro atoms. The van der Waals surface area contributed by atoms with Crippen LogP contribution in [0.4, 0.5) is 4.79 Å². The number of phenols is 1. The van der Waals surface area contributed by atoms with Crippen LogP contribution in [0.15, 0.2) is 48.5 Å². The summed E-state index contributed by atoms with van der Waals surface area (Å²) < 4.78 is 5.49. The van der Waals surface area contributed by atoms with E-state index >= 15 is 0 Å². The van der Waals surface area contributed by atoms with E-state index in [1.54, 1.807) is 62.1 Å². The predicted molar refractivity (Wildman–Crippen MR) is 159 cm³/mol. The van der Waals surface area contributed by atoms with Crippen molar-refractivity contribution in [3.05, 3.63) is 65.2 Å². The molecule has 3 rings (SSSR count). The molecular formula is C33H43N3O5. The average molecular weight is 562 g/mol. The van der Waals surface area contributed by atoms with E-state index in [9.17, 15) is 19.5 Å². The molecule has 41 heavy (non-hydrogen) atoms. The highest BCUT2D eigenvalue weighted by molar-refractivity contribution is 5.92. The molecule has 2 aromatic carbocycles. The van der Waals surface area contributed by atoms with Gasteiger partial charge >= 0.3 is 6.09 Å². The van der Waals surface area contributed by atoms with E-state index < -0.39 is 23.8 Å². The van der Waals surface area contributed by atoms with Crippen molar-refractivity contribution in [3.8, 4) is 18.1 Å². The van der Waals surface area contributed by atoms with E-state index in [1.165, 1.54) is 12.1 Å². The van der Waals surface area contributed by atoms with Gasteiger partial charge in [-0.1, -0.05) is 43.5 Å². The molecule has 0 bridgehead atoms. The van der Waals surface area contributed by atoms with Crippen molar-refractivity contribution in [2.24, 2.45) is 0 Å². The number of phenolic OH excluding ortho intramolecular Hbond substituents is 1. The fourth-order valence-corrected chi connectivity index (χ4v) is 4.91. The standard InChI is InChI=1S/C33H43N3O5/c1-7-10-22(3)34-30(38)29(25-17-13-23(8-2)14-18-25)36(26-11-9-12-26)31(39)28(35-32(40)41-33(4,5)6)21-24-15-19-27(37)20-16-24/h2,13-20,22,26,28-29,37H,7,9-12,21H2,1,3-6H3,(H,34,38)(H,35,40). The van der Waals surface area contributed by atoms with Crippen molar-refractivity contribution in [2.45, 2.75) is 103 Å². The highest BCUT2D eigenvalue weighted by Crippen LogP contribution is 2.34. The molecule has 0 heterocycles. The third-order valence-electron chi connectivity index (χ3n) is 7.12. The Labute approximate surface area is 243 Å². The van der Waals surface area contributed by atoms with Crippen LogP contribution in [0, 0.1) is 12.3 Å². The second-order valence-corrected chi connectivity index (χ2v) is 11.8. The smallest absolute Gasteiger partial charge is 0.408 e. The molecule has 1 aliphatic rings. The third-order valence-corrected chi connectivity index (χ3v) is 7.12. The number of amides is 3. The van der Waals surface area contributed by atoms with E-state index in [0.29, 0.717) is 11.1 Å². The minimum atomic E-state index is -1.01. The number of hydrogen-bond donors (Lipinski definition) is 3. The molecular weight excluding hydrogens is 518 g/mol. The normalized spacial score (nSPS) is 15.4. The van der Waals surface area contributed by atoms with Gasteiger partial charge in [0, 0.05) is 24.1 Å². The minimum absolute atomic E-state index is 0.0778. The Hall–Kier alpha value is -3.99. The molecule has 8 nitrogen and oxygen atoms in total. The van der Waals surface area contributed by atoms with Gasteiger partial charge in [0.1, 0.15) is 23.4 Å². The van der Waals surface area contributed by atoms with Gasteiger partial charge in [0.05, 0.1) is 0 Å². The lowest BCUT2D eigenvalue weighted by Crippen LogP contribution is -2.58. The van der Waals surface area contributed by atoms with E-state index in [-0.39, 0.29) is 36.1 Å². The van der Waals surface area contributed by atoms with Crippen molar-refractivity contribution in [1.82, 2.24) is 15.5 Å². The number of ether oxygens (including phenoxy) is 1. The largest absolute Gasteiger partial charge is 0.508 e. The Morgan fingerprint density at radius 3 is 2.22 bits per heavy atom. The summed E-state index contributed by atoms with van der Waals surface area (Å²) in [4.78, 5) is 43.0. The zero-order valence-corrected chi connectivity index (χ0v) is 24.8. The van der Waals surface area contributed by atoms with Gasteiger partial charge in [-0.05, 0) is 88.8 Å². The lowest BCUT2D eigenvalue weighted by atomic mass is 9.87. The lowest BCUT2D eigenvalue weighted by Gasteiger charge is -2.44. The van der Waals surface area contributed by atoms with Crippen LogP contribution >= 0.6 is 0 Å². The van der Waals surface area contributed by atoms with Crippen molar-refractivity contribution in [1.29, 1.82) is 0 Å². The van der Waals surface area contributed by atoms with Crippen LogP contribution in [0.25, 0.3) is 0 Å². The number of nitrogens with zero attached hydrogens (tertiary/aromatic N) is 1. The Bertz CT molecular complexity index is 1220. The van der Waals surface area contributed by atoms with E-state index in [4.69, 9.17) is 11.2 Å².